The number of ether oxygens (including phenoxy) is 1. The molecule has 0 saturated carbocycles. The van der Waals surface area contributed by atoms with Gasteiger partial charge in [-0.1, -0.05) is 6.07 Å². The average molecular weight is 330 g/mol. The highest BCUT2D eigenvalue weighted by Gasteiger charge is 2.40. The Bertz CT molecular complexity index is 916. The molecule has 2 heterocycles. The monoisotopic (exact) mass is 330 g/mol. The molecule has 1 aromatic rings. The predicted octanol–water partition coefficient (Wildman–Crippen LogP) is 3.46. The van der Waals surface area contributed by atoms with E-state index in [-0.39, 0.29) is 16.9 Å². The van der Waals surface area contributed by atoms with Gasteiger partial charge in [-0.3, -0.25) is 0 Å². The van der Waals surface area contributed by atoms with E-state index in [1.165, 1.54) is 11.3 Å². The summed E-state index contributed by atoms with van der Waals surface area (Å²) >= 11 is 0. The number of aryl methyl sites for hydroxylation is 1. The summed E-state index contributed by atoms with van der Waals surface area (Å²) in [6, 6.07) is 11.9. The molecular formula is C20H18N4O. The molecule has 2 aliphatic rings. The predicted molar refractivity (Wildman–Crippen MR) is 94.0 cm³/mol. The summed E-state index contributed by atoms with van der Waals surface area (Å²) < 4.78 is 5.86. The molecule has 0 aromatic heterocycles. The zero-order valence-corrected chi connectivity index (χ0v) is 14.6. The third-order valence-corrected chi connectivity index (χ3v) is 4.72. The first-order valence-corrected chi connectivity index (χ1v) is 8.16. The largest absolute Gasteiger partial charge is 0.480 e. The Labute approximate surface area is 147 Å². The van der Waals surface area contributed by atoms with E-state index >= 15 is 0 Å². The molecular weight excluding hydrogens is 312 g/mol. The van der Waals surface area contributed by atoms with E-state index in [4.69, 9.17) is 15.3 Å². The van der Waals surface area contributed by atoms with Gasteiger partial charge in [0.1, 0.15) is 29.4 Å². The van der Waals surface area contributed by atoms with Crippen molar-refractivity contribution in [2.75, 3.05) is 18.5 Å². The van der Waals surface area contributed by atoms with E-state index < -0.39 is 5.60 Å². The number of benzene rings is 1. The quantitative estimate of drug-likeness (QED) is 0.736. The number of hydrogen-bond donors (Lipinski definition) is 0. The smallest absolute Gasteiger partial charge is 0.172 e. The minimum Gasteiger partial charge on any atom is -0.480 e. The molecule has 5 nitrogen and oxygen atoms in total. The van der Waals surface area contributed by atoms with Crippen LogP contribution in [0.4, 0.5) is 5.69 Å². The van der Waals surface area contributed by atoms with E-state index in [0.717, 1.165) is 30.5 Å². The standard InChI is InChI=1S/C20H18N4O/c1-20(2)18(16(12-23)19(25-20)15(10-21)11-22)14-6-7-17-13(9-14)5-4-8-24(17)3/h6-7,9H,4-5,8H2,1-3H3. The lowest BCUT2D eigenvalue weighted by atomic mass is 9.87. The van der Waals surface area contributed by atoms with Gasteiger partial charge in [-0.05, 0) is 49.9 Å². The second kappa shape index (κ2) is 6.00. The second-order valence-electron chi connectivity index (χ2n) is 6.77. The number of fused-ring (bicyclic) bond motifs is 1. The summed E-state index contributed by atoms with van der Waals surface area (Å²) in [6.45, 7) is 4.74. The number of rotatable bonds is 1. The number of allylic oxidation sites excluding steroid dienone is 2. The van der Waals surface area contributed by atoms with Gasteiger partial charge >= 0.3 is 0 Å². The highest BCUT2D eigenvalue weighted by Crippen LogP contribution is 2.45. The van der Waals surface area contributed by atoms with E-state index in [1.807, 2.05) is 32.1 Å². The lowest BCUT2D eigenvalue weighted by Crippen LogP contribution is -2.25. The van der Waals surface area contributed by atoms with Crippen molar-refractivity contribution in [3.05, 3.63) is 46.2 Å². The van der Waals surface area contributed by atoms with Crippen LogP contribution in [-0.4, -0.2) is 19.2 Å². The number of nitrogens with zero attached hydrogens (tertiary/aromatic N) is 4. The van der Waals surface area contributed by atoms with Gasteiger partial charge in [-0.15, -0.1) is 0 Å². The van der Waals surface area contributed by atoms with Crippen molar-refractivity contribution < 1.29 is 4.74 Å². The Morgan fingerprint density at radius 3 is 2.56 bits per heavy atom. The molecule has 0 fully saturated rings. The Hall–Kier alpha value is -3.23. The fourth-order valence-corrected chi connectivity index (χ4v) is 3.61. The molecule has 0 spiro atoms. The first-order valence-electron chi connectivity index (χ1n) is 8.16. The first kappa shape index (κ1) is 16.6. The van der Waals surface area contributed by atoms with Crippen molar-refractivity contribution in [3.63, 3.8) is 0 Å². The average Bonchev–Trinajstić information content (AvgIpc) is 2.86. The summed E-state index contributed by atoms with van der Waals surface area (Å²) in [5.74, 6) is 0.0855. The van der Waals surface area contributed by atoms with Crippen LogP contribution >= 0.6 is 0 Å². The van der Waals surface area contributed by atoms with E-state index in [0.29, 0.717) is 0 Å². The van der Waals surface area contributed by atoms with Crippen LogP contribution in [0.3, 0.4) is 0 Å². The van der Waals surface area contributed by atoms with Crippen LogP contribution in [0.1, 0.15) is 31.4 Å². The molecule has 124 valence electrons. The fourth-order valence-electron chi connectivity index (χ4n) is 3.61. The minimum absolute atomic E-state index is 0.0855. The highest BCUT2D eigenvalue weighted by molar-refractivity contribution is 5.85. The van der Waals surface area contributed by atoms with E-state index in [2.05, 4.69) is 30.1 Å². The molecule has 1 aromatic carbocycles. The molecule has 0 amide bonds. The van der Waals surface area contributed by atoms with Crippen LogP contribution in [0.15, 0.2) is 35.1 Å². The topological polar surface area (TPSA) is 83.8 Å². The Kier molecular flexibility index (Phi) is 3.99. The van der Waals surface area contributed by atoms with Gasteiger partial charge in [-0.2, -0.15) is 15.8 Å². The third kappa shape index (κ3) is 2.63. The van der Waals surface area contributed by atoms with Crippen LogP contribution in [0.5, 0.6) is 0 Å². The van der Waals surface area contributed by atoms with Crippen LogP contribution in [0, 0.1) is 34.0 Å². The fraction of sp³-hybridized carbons (Fsp3) is 0.350. The maximum Gasteiger partial charge on any atom is 0.172 e. The van der Waals surface area contributed by atoms with Crippen LogP contribution in [-0.2, 0) is 11.2 Å². The van der Waals surface area contributed by atoms with E-state index in [1.54, 1.807) is 0 Å². The van der Waals surface area contributed by atoms with Crippen molar-refractivity contribution in [1.29, 1.82) is 15.8 Å². The summed E-state index contributed by atoms with van der Waals surface area (Å²) in [5, 5.41) is 28.0. The number of nitriles is 3. The van der Waals surface area contributed by atoms with Crippen LogP contribution in [0.25, 0.3) is 5.57 Å². The maximum atomic E-state index is 9.67. The van der Waals surface area contributed by atoms with Crippen molar-refractivity contribution in [2.24, 2.45) is 0 Å². The lowest BCUT2D eigenvalue weighted by molar-refractivity contribution is 0.109. The molecule has 0 radical (unpaired) electrons. The summed E-state index contributed by atoms with van der Waals surface area (Å²) in [4.78, 5) is 2.23. The molecule has 0 N–H and O–H groups in total. The van der Waals surface area contributed by atoms with Crippen molar-refractivity contribution in [3.8, 4) is 18.2 Å². The summed E-state index contributed by atoms with van der Waals surface area (Å²) in [6.07, 6.45) is 2.09. The third-order valence-electron chi connectivity index (χ3n) is 4.72. The summed E-state index contributed by atoms with van der Waals surface area (Å²) in [7, 11) is 2.08. The van der Waals surface area contributed by atoms with Gasteiger partial charge in [0.15, 0.2) is 11.3 Å². The molecule has 2 aliphatic heterocycles. The number of anilines is 1. The molecule has 5 heteroatoms. The van der Waals surface area contributed by atoms with Gasteiger partial charge in [0.05, 0.1) is 0 Å². The van der Waals surface area contributed by atoms with E-state index in [9.17, 15) is 5.26 Å². The van der Waals surface area contributed by atoms with Crippen LogP contribution < -0.4 is 4.90 Å². The first-order chi connectivity index (χ1) is 11.9. The zero-order valence-electron chi connectivity index (χ0n) is 14.6. The lowest BCUT2D eigenvalue weighted by Gasteiger charge is -2.29. The molecule has 0 atom stereocenters. The van der Waals surface area contributed by atoms with Crippen molar-refractivity contribution in [2.45, 2.75) is 32.3 Å². The van der Waals surface area contributed by atoms with Crippen molar-refractivity contribution in [1.82, 2.24) is 0 Å². The molecule has 25 heavy (non-hydrogen) atoms. The number of hydrogen-bond acceptors (Lipinski definition) is 5. The summed E-state index contributed by atoms with van der Waals surface area (Å²) in [5.41, 5.74) is 3.39. The molecule has 3 rings (SSSR count). The second-order valence-corrected chi connectivity index (χ2v) is 6.77. The van der Waals surface area contributed by atoms with Gasteiger partial charge in [0, 0.05) is 24.9 Å². The van der Waals surface area contributed by atoms with Crippen molar-refractivity contribution >= 4 is 11.3 Å². The van der Waals surface area contributed by atoms with Gasteiger partial charge < -0.3 is 9.64 Å². The SMILES string of the molecule is CN1CCCc2cc(C3=C(C#N)C(=C(C#N)C#N)OC3(C)C)ccc21. The Morgan fingerprint density at radius 1 is 1.20 bits per heavy atom. The van der Waals surface area contributed by atoms with Gasteiger partial charge in [0.2, 0.25) is 0 Å². The minimum atomic E-state index is -0.784. The molecule has 0 bridgehead atoms. The van der Waals surface area contributed by atoms with Gasteiger partial charge in [-0.25, -0.2) is 0 Å². The molecule has 0 saturated heterocycles. The van der Waals surface area contributed by atoms with Gasteiger partial charge in [0.25, 0.3) is 0 Å². The normalized spacial score (nSPS) is 17.9. The Balaban J connectivity index is 2.23. The maximum absolute atomic E-state index is 9.67. The van der Waals surface area contributed by atoms with Crippen LogP contribution in [0.2, 0.25) is 0 Å². The highest BCUT2D eigenvalue weighted by atomic mass is 16.5. The molecule has 0 unspecified atom stereocenters. The molecule has 0 aliphatic carbocycles. The zero-order chi connectivity index (χ0) is 18.2. The Morgan fingerprint density at radius 2 is 1.92 bits per heavy atom.